The summed E-state index contributed by atoms with van der Waals surface area (Å²) in [6.07, 6.45) is 9.09. The Bertz CT molecular complexity index is 796. The fourth-order valence-electron chi connectivity index (χ4n) is 2.36. The van der Waals surface area contributed by atoms with Crippen molar-refractivity contribution in [1.82, 2.24) is 29.1 Å². The number of fused-ring (bicyclic) bond motifs is 1. The fourth-order valence-corrected chi connectivity index (χ4v) is 2.36. The van der Waals surface area contributed by atoms with Gasteiger partial charge in [-0.2, -0.15) is 10.2 Å². The molecule has 3 aromatic heterocycles. The molecule has 0 aliphatic heterocycles. The van der Waals surface area contributed by atoms with Crippen molar-refractivity contribution in [3.8, 4) is 0 Å². The van der Waals surface area contributed by atoms with Crippen LogP contribution in [0.3, 0.4) is 0 Å². The van der Waals surface area contributed by atoms with Crippen molar-refractivity contribution in [1.29, 1.82) is 0 Å². The number of hydrogen-bond donors (Lipinski definition) is 0. The van der Waals surface area contributed by atoms with E-state index in [0.717, 1.165) is 12.8 Å². The first-order valence-corrected chi connectivity index (χ1v) is 6.73. The molecular formula is C13H14N6O. The molecule has 0 spiro atoms. The van der Waals surface area contributed by atoms with Crippen LogP contribution in [0.1, 0.15) is 18.9 Å². The topological polar surface area (TPSA) is 70.5 Å². The highest BCUT2D eigenvalue weighted by Gasteiger charge is 2.27. The molecule has 0 amide bonds. The third-order valence-electron chi connectivity index (χ3n) is 3.60. The SMILES string of the molecule is O=c1c2cnn(C3CC3)c2ncn1CCn1cccn1. The van der Waals surface area contributed by atoms with Gasteiger partial charge in [-0.05, 0) is 18.9 Å². The van der Waals surface area contributed by atoms with Gasteiger partial charge in [0.2, 0.25) is 0 Å². The summed E-state index contributed by atoms with van der Waals surface area (Å²) in [5, 5.41) is 9.01. The Hall–Kier alpha value is -2.44. The van der Waals surface area contributed by atoms with Gasteiger partial charge < -0.3 is 0 Å². The Balaban J connectivity index is 1.67. The second-order valence-corrected chi connectivity index (χ2v) is 5.07. The number of hydrogen-bond acceptors (Lipinski definition) is 4. The fraction of sp³-hybridized carbons (Fsp3) is 0.385. The van der Waals surface area contributed by atoms with Gasteiger partial charge in [0, 0.05) is 18.9 Å². The van der Waals surface area contributed by atoms with Gasteiger partial charge >= 0.3 is 0 Å². The van der Waals surface area contributed by atoms with Crippen LogP contribution in [0, 0.1) is 0 Å². The first-order chi connectivity index (χ1) is 9.83. The molecule has 0 radical (unpaired) electrons. The van der Waals surface area contributed by atoms with E-state index in [1.807, 2.05) is 16.9 Å². The molecule has 0 unspecified atom stereocenters. The molecule has 1 saturated carbocycles. The van der Waals surface area contributed by atoms with Crippen LogP contribution in [-0.2, 0) is 13.1 Å². The summed E-state index contributed by atoms with van der Waals surface area (Å²) in [7, 11) is 0. The standard InChI is InChI=1S/C13H14N6O/c20-13-11-8-16-19(10-2-3-10)12(11)14-9-17(13)6-7-18-5-1-4-15-18/h1,4-5,8-10H,2-3,6-7H2. The summed E-state index contributed by atoms with van der Waals surface area (Å²) in [4.78, 5) is 16.8. The summed E-state index contributed by atoms with van der Waals surface area (Å²) < 4.78 is 5.28. The van der Waals surface area contributed by atoms with E-state index in [0.29, 0.717) is 30.2 Å². The first-order valence-electron chi connectivity index (χ1n) is 6.73. The van der Waals surface area contributed by atoms with Crippen molar-refractivity contribution in [3.05, 3.63) is 41.3 Å². The van der Waals surface area contributed by atoms with Crippen molar-refractivity contribution in [2.75, 3.05) is 0 Å². The minimum atomic E-state index is -0.0333. The number of rotatable bonds is 4. The summed E-state index contributed by atoms with van der Waals surface area (Å²) in [5.41, 5.74) is 0.668. The molecule has 0 aromatic carbocycles. The van der Waals surface area contributed by atoms with E-state index in [-0.39, 0.29) is 5.56 Å². The van der Waals surface area contributed by atoms with Crippen LogP contribution in [0.4, 0.5) is 0 Å². The van der Waals surface area contributed by atoms with Crippen LogP contribution < -0.4 is 5.56 Å². The quantitative estimate of drug-likeness (QED) is 0.704. The maximum atomic E-state index is 12.4. The lowest BCUT2D eigenvalue weighted by molar-refractivity contribution is 0.521. The molecule has 0 N–H and O–H groups in total. The van der Waals surface area contributed by atoms with Crippen molar-refractivity contribution in [3.63, 3.8) is 0 Å². The van der Waals surface area contributed by atoms with Crippen LogP contribution in [-0.4, -0.2) is 29.1 Å². The van der Waals surface area contributed by atoms with Gasteiger partial charge in [0.1, 0.15) is 11.7 Å². The summed E-state index contributed by atoms with van der Waals surface area (Å²) >= 11 is 0. The normalized spacial score (nSPS) is 15.0. The van der Waals surface area contributed by atoms with Crippen LogP contribution in [0.25, 0.3) is 11.0 Å². The van der Waals surface area contributed by atoms with E-state index in [1.165, 1.54) is 0 Å². The van der Waals surface area contributed by atoms with E-state index >= 15 is 0 Å². The molecule has 1 aliphatic rings. The van der Waals surface area contributed by atoms with Gasteiger partial charge in [0.25, 0.3) is 5.56 Å². The highest BCUT2D eigenvalue weighted by atomic mass is 16.1. The molecule has 0 saturated heterocycles. The lowest BCUT2D eigenvalue weighted by Crippen LogP contribution is -2.23. The third kappa shape index (κ3) is 1.82. The average Bonchev–Trinajstić information content (AvgIpc) is 3.01. The maximum Gasteiger partial charge on any atom is 0.264 e. The smallest absolute Gasteiger partial charge is 0.264 e. The van der Waals surface area contributed by atoms with Gasteiger partial charge in [-0.25, -0.2) is 9.67 Å². The maximum absolute atomic E-state index is 12.4. The zero-order chi connectivity index (χ0) is 13.5. The molecule has 7 heteroatoms. The number of nitrogens with zero attached hydrogens (tertiary/aromatic N) is 6. The van der Waals surface area contributed by atoms with Crippen molar-refractivity contribution in [2.45, 2.75) is 32.0 Å². The number of aryl methyl sites for hydroxylation is 2. The lowest BCUT2D eigenvalue weighted by Gasteiger charge is -2.06. The highest BCUT2D eigenvalue weighted by Crippen LogP contribution is 2.35. The molecule has 7 nitrogen and oxygen atoms in total. The Kier molecular flexibility index (Phi) is 2.45. The molecule has 1 fully saturated rings. The van der Waals surface area contributed by atoms with Crippen LogP contribution >= 0.6 is 0 Å². The van der Waals surface area contributed by atoms with Gasteiger partial charge in [-0.15, -0.1) is 0 Å². The Labute approximate surface area is 114 Å². The monoisotopic (exact) mass is 270 g/mol. The first kappa shape index (κ1) is 11.4. The second-order valence-electron chi connectivity index (χ2n) is 5.07. The molecule has 1 aliphatic carbocycles. The predicted molar refractivity (Wildman–Crippen MR) is 72.3 cm³/mol. The van der Waals surface area contributed by atoms with Gasteiger partial charge in [0.15, 0.2) is 5.65 Å². The zero-order valence-electron chi connectivity index (χ0n) is 10.9. The van der Waals surface area contributed by atoms with E-state index in [2.05, 4.69) is 15.2 Å². The van der Waals surface area contributed by atoms with E-state index in [1.54, 1.807) is 28.0 Å². The molecule has 102 valence electrons. The van der Waals surface area contributed by atoms with Crippen molar-refractivity contribution in [2.24, 2.45) is 0 Å². The predicted octanol–water partition coefficient (Wildman–Crippen LogP) is 0.825. The van der Waals surface area contributed by atoms with Crippen molar-refractivity contribution >= 4 is 11.0 Å². The van der Waals surface area contributed by atoms with E-state index in [4.69, 9.17) is 0 Å². The van der Waals surface area contributed by atoms with Gasteiger partial charge in [-0.1, -0.05) is 0 Å². The molecule has 3 heterocycles. The van der Waals surface area contributed by atoms with Crippen LogP contribution in [0.15, 0.2) is 35.8 Å². The Morgan fingerprint density at radius 2 is 2.15 bits per heavy atom. The molecule has 20 heavy (non-hydrogen) atoms. The summed E-state index contributed by atoms with van der Waals surface area (Å²) in [6, 6.07) is 2.29. The average molecular weight is 270 g/mol. The molecular weight excluding hydrogens is 256 g/mol. The zero-order valence-corrected chi connectivity index (χ0v) is 10.9. The minimum absolute atomic E-state index is 0.0333. The third-order valence-corrected chi connectivity index (χ3v) is 3.60. The lowest BCUT2D eigenvalue weighted by atomic mass is 10.4. The highest BCUT2D eigenvalue weighted by molar-refractivity contribution is 5.73. The second kappa shape index (κ2) is 4.29. The molecule has 0 atom stereocenters. The largest absolute Gasteiger partial charge is 0.297 e. The van der Waals surface area contributed by atoms with Crippen LogP contribution in [0.5, 0.6) is 0 Å². The summed E-state index contributed by atoms with van der Waals surface area (Å²) in [6.45, 7) is 1.20. The van der Waals surface area contributed by atoms with E-state index < -0.39 is 0 Å². The van der Waals surface area contributed by atoms with Gasteiger partial charge in [0.05, 0.1) is 18.8 Å². The Morgan fingerprint density at radius 1 is 1.25 bits per heavy atom. The molecule has 4 rings (SSSR count). The molecule has 3 aromatic rings. The summed E-state index contributed by atoms with van der Waals surface area (Å²) in [5.74, 6) is 0. The van der Waals surface area contributed by atoms with Gasteiger partial charge in [-0.3, -0.25) is 14.0 Å². The minimum Gasteiger partial charge on any atom is -0.297 e. The Morgan fingerprint density at radius 3 is 2.90 bits per heavy atom. The van der Waals surface area contributed by atoms with Crippen molar-refractivity contribution < 1.29 is 0 Å². The van der Waals surface area contributed by atoms with E-state index in [9.17, 15) is 4.79 Å². The molecule has 0 bridgehead atoms. The van der Waals surface area contributed by atoms with Crippen LogP contribution in [0.2, 0.25) is 0 Å². The number of aromatic nitrogens is 6.